The Balaban J connectivity index is 2.81. The van der Waals surface area contributed by atoms with Gasteiger partial charge in [0.1, 0.15) is 18.9 Å². The number of rotatable bonds is 11. The number of aliphatic hydroxyl groups is 1. The van der Waals surface area contributed by atoms with Gasteiger partial charge in [0.25, 0.3) is 0 Å². The van der Waals surface area contributed by atoms with Crippen LogP contribution in [0.1, 0.15) is 0 Å². The van der Waals surface area contributed by atoms with Gasteiger partial charge >= 0.3 is 22.8 Å². The van der Waals surface area contributed by atoms with Gasteiger partial charge in [-0.05, 0) is 0 Å². The molecule has 1 rings (SSSR count). The highest BCUT2D eigenvalue weighted by molar-refractivity contribution is 7.52. The predicted molar refractivity (Wildman–Crippen MR) is 109 cm³/mol. The zero-order valence-electron chi connectivity index (χ0n) is 16.7. The van der Waals surface area contributed by atoms with Gasteiger partial charge in [-0.3, -0.25) is 33.3 Å². The maximum absolute atomic E-state index is 11.4. The van der Waals surface area contributed by atoms with Crippen LogP contribution in [0.25, 0.3) is 0 Å². The van der Waals surface area contributed by atoms with Crippen molar-refractivity contribution in [1.82, 2.24) is 19.6 Å². The molecule has 7 N–H and O–H groups in total. The first-order valence-electron chi connectivity index (χ1n) is 9.31. The Hall–Kier alpha value is 0.250. The molecule has 0 aromatic carbocycles. The molecule has 0 saturated carbocycles. The number of hydrogen-bond acceptors (Lipinski definition) is 8. The zero-order valence-corrected chi connectivity index (χ0v) is 19.4. The maximum Gasteiger partial charge on any atom is 0.339 e. The molecule has 0 unspecified atom stereocenters. The van der Waals surface area contributed by atoms with Crippen molar-refractivity contribution in [1.29, 1.82) is 0 Å². The summed E-state index contributed by atoms with van der Waals surface area (Å²) < 4.78 is 34.0. The van der Waals surface area contributed by atoms with E-state index < -0.39 is 41.6 Å². The normalized spacial score (nSPS) is 19.6. The van der Waals surface area contributed by atoms with E-state index in [0.717, 1.165) is 0 Å². The van der Waals surface area contributed by atoms with E-state index >= 15 is 0 Å². The van der Waals surface area contributed by atoms with Crippen LogP contribution in [0, 0.1) is 0 Å². The highest BCUT2D eigenvalue weighted by atomic mass is 31.2. The van der Waals surface area contributed by atoms with Crippen LogP contribution in [0.2, 0.25) is 0 Å². The molecular weight excluding hydrogens is 465 g/mol. The van der Waals surface area contributed by atoms with E-state index in [1.807, 2.05) is 4.90 Å². The van der Waals surface area contributed by atoms with Gasteiger partial charge < -0.3 is 34.5 Å². The molecule has 1 aliphatic rings. The molecule has 1 heterocycles. The lowest BCUT2D eigenvalue weighted by atomic mass is 10.4. The van der Waals surface area contributed by atoms with Crippen molar-refractivity contribution in [3.63, 3.8) is 0 Å². The van der Waals surface area contributed by atoms with Crippen molar-refractivity contribution >= 4 is 22.8 Å². The van der Waals surface area contributed by atoms with Gasteiger partial charge in [0.2, 0.25) is 0 Å². The molecule has 0 atom stereocenters. The molecule has 0 bridgehead atoms. The van der Waals surface area contributed by atoms with Crippen molar-refractivity contribution in [3.05, 3.63) is 0 Å². The van der Waals surface area contributed by atoms with Gasteiger partial charge in [0.05, 0.1) is 6.61 Å². The van der Waals surface area contributed by atoms with E-state index in [0.29, 0.717) is 32.7 Å². The lowest BCUT2D eigenvalue weighted by Crippen LogP contribution is -2.42. The number of aliphatic hydroxyl groups excluding tert-OH is 1. The highest BCUT2D eigenvalue weighted by Crippen LogP contribution is 2.37. The first-order valence-corrected chi connectivity index (χ1v) is 14.7. The van der Waals surface area contributed by atoms with E-state index in [1.54, 1.807) is 0 Å². The predicted octanol–water partition coefficient (Wildman–Crippen LogP) is -2.39. The Labute approximate surface area is 175 Å². The molecule has 0 aromatic rings. The number of nitrogens with zero attached hydrogens (tertiary/aromatic N) is 4. The summed E-state index contributed by atoms with van der Waals surface area (Å²) in [6, 6.07) is 0. The fraction of sp³-hybridized carbons (Fsp3) is 1.00. The van der Waals surface area contributed by atoms with Crippen LogP contribution in [0.5, 0.6) is 0 Å². The minimum Gasteiger partial charge on any atom is -0.395 e. The molecule has 30 heavy (non-hydrogen) atoms. The minimum atomic E-state index is -4.31. The Bertz CT molecular complexity index is 617. The molecule has 180 valence electrons. The van der Waals surface area contributed by atoms with Crippen LogP contribution in [-0.4, -0.2) is 138 Å². The van der Waals surface area contributed by atoms with Crippen LogP contribution in [0.15, 0.2) is 0 Å². The summed E-state index contributed by atoms with van der Waals surface area (Å²) in [7, 11) is -12.9. The van der Waals surface area contributed by atoms with Gasteiger partial charge in [-0.1, -0.05) is 0 Å². The van der Waals surface area contributed by atoms with Crippen LogP contribution in [0.3, 0.4) is 0 Å². The highest BCUT2D eigenvalue weighted by Gasteiger charge is 2.26. The first kappa shape index (κ1) is 28.3. The average molecular weight is 498 g/mol. The lowest BCUT2D eigenvalue weighted by molar-refractivity contribution is 0.166. The molecule has 1 saturated heterocycles. The maximum atomic E-state index is 11.4. The SMILES string of the molecule is O=P(O)(O)CN(CCO)CCN1CCN(CP(=O)(O)O)CCN(CP(=O)(O)O)CC1. The molecule has 0 aromatic heterocycles. The fourth-order valence-corrected chi connectivity index (χ4v) is 5.56. The first-order chi connectivity index (χ1) is 13.7. The lowest BCUT2D eigenvalue weighted by Gasteiger charge is -2.29. The second-order valence-electron chi connectivity index (χ2n) is 7.34. The van der Waals surface area contributed by atoms with Crippen LogP contribution in [-0.2, 0) is 13.7 Å². The van der Waals surface area contributed by atoms with Crippen LogP contribution < -0.4 is 0 Å². The van der Waals surface area contributed by atoms with Crippen molar-refractivity contribution < 1.29 is 48.2 Å². The fourth-order valence-electron chi connectivity index (χ4n) is 3.15. The topological polar surface area (TPSA) is 206 Å². The standard InChI is InChI=1S/C13H33N4O10P3/c18-10-9-17(13-30(25,26)27)6-3-14-1-4-15(11-28(19,20)21)7-8-16(5-2-14)12-29(22,23)24/h18H,1-13H2,(H2,19,20,21)(H2,22,23,24)(H2,25,26,27). The Morgan fingerprint density at radius 3 is 1.37 bits per heavy atom. The number of hydrogen-bond donors (Lipinski definition) is 7. The molecule has 0 spiro atoms. The molecule has 0 aliphatic carbocycles. The van der Waals surface area contributed by atoms with Gasteiger partial charge in [-0.2, -0.15) is 0 Å². The quantitative estimate of drug-likeness (QED) is 0.148. The van der Waals surface area contributed by atoms with E-state index in [4.69, 9.17) is 14.9 Å². The van der Waals surface area contributed by atoms with Crippen molar-refractivity contribution in [3.8, 4) is 0 Å². The molecule has 14 nitrogen and oxygen atoms in total. The molecule has 17 heteroatoms. The van der Waals surface area contributed by atoms with Crippen molar-refractivity contribution in [2.45, 2.75) is 0 Å². The second kappa shape index (κ2) is 12.5. The summed E-state index contributed by atoms with van der Waals surface area (Å²) in [5, 5.41) is 9.11. The largest absolute Gasteiger partial charge is 0.395 e. The van der Waals surface area contributed by atoms with Gasteiger partial charge in [-0.25, -0.2) is 0 Å². The molecule has 0 radical (unpaired) electrons. The van der Waals surface area contributed by atoms with Crippen LogP contribution >= 0.6 is 22.8 Å². The van der Waals surface area contributed by atoms with E-state index in [1.165, 1.54) is 14.7 Å². The second-order valence-corrected chi connectivity index (χ2v) is 12.2. The van der Waals surface area contributed by atoms with Gasteiger partial charge in [0, 0.05) is 58.9 Å². The third kappa shape index (κ3) is 14.3. The van der Waals surface area contributed by atoms with E-state index in [-0.39, 0.29) is 32.8 Å². The molecular formula is C13H33N4O10P3. The molecule has 1 aliphatic heterocycles. The minimum absolute atomic E-state index is 0.0770. The summed E-state index contributed by atoms with van der Waals surface area (Å²) in [6.07, 6.45) is -1.45. The Morgan fingerprint density at radius 1 is 0.633 bits per heavy atom. The third-order valence-electron chi connectivity index (χ3n) is 4.50. The van der Waals surface area contributed by atoms with Crippen molar-refractivity contribution in [2.24, 2.45) is 0 Å². The van der Waals surface area contributed by atoms with E-state index in [2.05, 4.69) is 0 Å². The zero-order chi connectivity index (χ0) is 23.0. The summed E-state index contributed by atoms with van der Waals surface area (Å²) in [4.78, 5) is 61.8. The van der Waals surface area contributed by atoms with Crippen molar-refractivity contribution in [2.75, 3.05) is 84.4 Å². The average Bonchev–Trinajstić information content (AvgIpc) is 2.61. The summed E-state index contributed by atoms with van der Waals surface area (Å²) in [5.74, 6) is 0. The molecule has 1 fully saturated rings. The summed E-state index contributed by atoms with van der Waals surface area (Å²) >= 11 is 0. The van der Waals surface area contributed by atoms with Crippen LogP contribution in [0.4, 0.5) is 0 Å². The Morgan fingerprint density at radius 2 is 1.03 bits per heavy atom. The smallest absolute Gasteiger partial charge is 0.339 e. The van der Waals surface area contributed by atoms with E-state index in [9.17, 15) is 33.3 Å². The monoisotopic (exact) mass is 498 g/mol. The molecule has 0 amide bonds. The van der Waals surface area contributed by atoms with Gasteiger partial charge in [0.15, 0.2) is 0 Å². The third-order valence-corrected chi connectivity index (χ3v) is 6.80. The summed E-state index contributed by atoms with van der Waals surface area (Å²) in [5.41, 5.74) is 0. The van der Waals surface area contributed by atoms with Gasteiger partial charge in [-0.15, -0.1) is 0 Å². The summed E-state index contributed by atoms with van der Waals surface area (Å²) in [6.45, 7) is 2.30. The Kier molecular flexibility index (Phi) is 11.8.